The van der Waals surface area contributed by atoms with E-state index < -0.39 is 5.60 Å². The highest BCUT2D eigenvalue weighted by Crippen LogP contribution is 2.41. The Morgan fingerprint density at radius 2 is 1.95 bits per heavy atom. The number of aliphatic hydroxyl groups is 1. The van der Waals surface area contributed by atoms with Crippen LogP contribution in [0.4, 0.5) is 0 Å². The van der Waals surface area contributed by atoms with Gasteiger partial charge in [-0.2, -0.15) is 0 Å². The Balaban J connectivity index is 1.69. The second kappa shape index (κ2) is 5.54. The number of rotatable bonds is 1. The SMILES string of the molecule is CC1OC(C)C(C(=O)N2CCC3(O)CCCCC3C2)C1C. The largest absolute Gasteiger partial charge is 0.389 e. The summed E-state index contributed by atoms with van der Waals surface area (Å²) in [6, 6.07) is 0. The zero-order valence-corrected chi connectivity index (χ0v) is 13.5. The molecule has 3 aliphatic rings. The minimum atomic E-state index is -0.508. The molecule has 1 N–H and O–H groups in total. The molecule has 120 valence electrons. The maximum absolute atomic E-state index is 12.9. The molecule has 21 heavy (non-hydrogen) atoms. The molecule has 0 spiro atoms. The summed E-state index contributed by atoms with van der Waals surface area (Å²) in [4.78, 5) is 14.9. The van der Waals surface area contributed by atoms with Crippen LogP contribution in [0.25, 0.3) is 0 Å². The molecule has 4 nitrogen and oxygen atoms in total. The number of carbonyl (C=O) groups excluding carboxylic acids is 1. The molecule has 1 aliphatic carbocycles. The monoisotopic (exact) mass is 295 g/mol. The molecular formula is C17H29NO3. The molecule has 3 fully saturated rings. The lowest BCUT2D eigenvalue weighted by Crippen LogP contribution is -2.56. The topological polar surface area (TPSA) is 49.8 Å². The van der Waals surface area contributed by atoms with Crippen molar-refractivity contribution in [3.63, 3.8) is 0 Å². The Morgan fingerprint density at radius 3 is 2.62 bits per heavy atom. The minimum absolute atomic E-state index is 0.00895. The van der Waals surface area contributed by atoms with Gasteiger partial charge in [0.1, 0.15) is 0 Å². The van der Waals surface area contributed by atoms with Gasteiger partial charge in [0.05, 0.1) is 23.7 Å². The van der Waals surface area contributed by atoms with Crippen molar-refractivity contribution in [2.45, 2.75) is 70.7 Å². The van der Waals surface area contributed by atoms with Crippen LogP contribution in [0.2, 0.25) is 0 Å². The number of amides is 1. The summed E-state index contributed by atoms with van der Waals surface area (Å²) < 4.78 is 5.83. The van der Waals surface area contributed by atoms with Crippen LogP contribution in [0, 0.1) is 17.8 Å². The second-order valence-electron chi connectivity index (χ2n) is 7.51. The van der Waals surface area contributed by atoms with E-state index in [0.717, 1.165) is 32.2 Å². The third kappa shape index (κ3) is 2.61. The first-order valence-corrected chi connectivity index (χ1v) is 8.59. The summed E-state index contributed by atoms with van der Waals surface area (Å²) in [5.41, 5.74) is -0.508. The first-order chi connectivity index (χ1) is 9.92. The summed E-state index contributed by atoms with van der Waals surface area (Å²) in [6.07, 6.45) is 5.20. The van der Waals surface area contributed by atoms with E-state index in [9.17, 15) is 9.90 Å². The number of hydrogen-bond acceptors (Lipinski definition) is 3. The van der Waals surface area contributed by atoms with Crippen molar-refractivity contribution in [2.24, 2.45) is 17.8 Å². The Kier molecular flexibility index (Phi) is 4.04. The Bertz CT molecular complexity index is 413. The van der Waals surface area contributed by atoms with Crippen LogP contribution in [-0.4, -0.2) is 46.8 Å². The molecule has 3 rings (SSSR count). The van der Waals surface area contributed by atoms with E-state index in [1.165, 1.54) is 6.42 Å². The minimum Gasteiger partial charge on any atom is -0.389 e. The van der Waals surface area contributed by atoms with Crippen LogP contribution < -0.4 is 0 Å². The van der Waals surface area contributed by atoms with Crippen LogP contribution in [0.1, 0.15) is 52.9 Å². The normalized spacial score (nSPS) is 47.2. The predicted octanol–water partition coefficient (Wildman–Crippen LogP) is 2.20. The number of nitrogens with zero attached hydrogens (tertiary/aromatic N) is 1. The van der Waals surface area contributed by atoms with Gasteiger partial charge in [-0.1, -0.05) is 19.8 Å². The number of hydrogen-bond donors (Lipinski definition) is 1. The van der Waals surface area contributed by atoms with Crippen LogP contribution in [0.15, 0.2) is 0 Å². The first-order valence-electron chi connectivity index (χ1n) is 8.59. The van der Waals surface area contributed by atoms with Gasteiger partial charge in [-0.25, -0.2) is 0 Å². The van der Waals surface area contributed by atoms with Crippen LogP contribution in [-0.2, 0) is 9.53 Å². The molecule has 0 bridgehead atoms. The van der Waals surface area contributed by atoms with Crippen molar-refractivity contribution >= 4 is 5.91 Å². The fourth-order valence-corrected chi connectivity index (χ4v) is 4.67. The van der Waals surface area contributed by atoms with Crippen molar-refractivity contribution in [1.82, 2.24) is 4.90 Å². The van der Waals surface area contributed by atoms with E-state index in [-0.39, 0.29) is 35.9 Å². The number of likely N-dealkylation sites (tertiary alicyclic amines) is 1. The first kappa shape index (κ1) is 15.3. The standard InChI is InChI=1S/C17H29NO3/c1-11-12(2)21-13(3)15(11)16(19)18-9-8-17(20)7-5-4-6-14(17)10-18/h11-15,20H,4-10H2,1-3H3. The highest BCUT2D eigenvalue weighted by molar-refractivity contribution is 5.80. The molecule has 0 aromatic heterocycles. The van der Waals surface area contributed by atoms with Crippen LogP contribution >= 0.6 is 0 Å². The van der Waals surface area contributed by atoms with E-state index in [1.807, 2.05) is 11.8 Å². The molecule has 0 radical (unpaired) electrons. The summed E-state index contributed by atoms with van der Waals surface area (Å²) >= 11 is 0. The van der Waals surface area contributed by atoms with E-state index in [1.54, 1.807) is 0 Å². The molecule has 6 unspecified atom stereocenters. The fourth-order valence-electron chi connectivity index (χ4n) is 4.67. The lowest BCUT2D eigenvalue weighted by Gasteiger charge is -2.48. The summed E-state index contributed by atoms with van der Waals surface area (Å²) in [6.45, 7) is 7.64. The molecule has 2 saturated heterocycles. The van der Waals surface area contributed by atoms with Crippen LogP contribution in [0.5, 0.6) is 0 Å². The maximum atomic E-state index is 12.9. The molecule has 0 aromatic carbocycles. The summed E-state index contributed by atoms with van der Waals surface area (Å²) in [5.74, 6) is 0.774. The Morgan fingerprint density at radius 1 is 1.19 bits per heavy atom. The zero-order valence-electron chi connectivity index (χ0n) is 13.5. The Hall–Kier alpha value is -0.610. The average molecular weight is 295 g/mol. The van der Waals surface area contributed by atoms with Gasteiger partial charge in [0.25, 0.3) is 0 Å². The van der Waals surface area contributed by atoms with Crippen LogP contribution in [0.3, 0.4) is 0 Å². The van der Waals surface area contributed by atoms with E-state index in [4.69, 9.17) is 4.74 Å². The number of piperidine rings is 1. The molecule has 2 aliphatic heterocycles. The number of fused-ring (bicyclic) bond motifs is 1. The summed E-state index contributed by atoms with van der Waals surface area (Å²) in [5, 5.41) is 10.7. The Labute approximate surface area is 127 Å². The van der Waals surface area contributed by atoms with Gasteiger partial charge in [0.2, 0.25) is 5.91 Å². The molecule has 1 amide bonds. The van der Waals surface area contributed by atoms with Crippen molar-refractivity contribution in [1.29, 1.82) is 0 Å². The molecular weight excluding hydrogens is 266 g/mol. The second-order valence-corrected chi connectivity index (χ2v) is 7.51. The molecule has 0 aromatic rings. The van der Waals surface area contributed by atoms with Crippen molar-refractivity contribution < 1.29 is 14.6 Å². The van der Waals surface area contributed by atoms with Gasteiger partial charge in [-0.15, -0.1) is 0 Å². The lowest BCUT2D eigenvalue weighted by atomic mass is 9.71. The van der Waals surface area contributed by atoms with Crippen molar-refractivity contribution in [3.05, 3.63) is 0 Å². The van der Waals surface area contributed by atoms with Gasteiger partial charge < -0.3 is 14.7 Å². The maximum Gasteiger partial charge on any atom is 0.228 e. The lowest BCUT2D eigenvalue weighted by molar-refractivity contribution is -0.149. The summed E-state index contributed by atoms with van der Waals surface area (Å²) in [7, 11) is 0. The third-order valence-corrected chi connectivity index (χ3v) is 6.27. The average Bonchev–Trinajstić information content (AvgIpc) is 2.70. The predicted molar refractivity (Wildman–Crippen MR) is 80.8 cm³/mol. The fraction of sp³-hybridized carbons (Fsp3) is 0.941. The van der Waals surface area contributed by atoms with E-state index in [2.05, 4.69) is 13.8 Å². The number of ether oxygens (including phenoxy) is 1. The number of carbonyl (C=O) groups is 1. The van der Waals surface area contributed by atoms with Crippen molar-refractivity contribution in [3.8, 4) is 0 Å². The zero-order chi connectivity index (χ0) is 15.2. The third-order valence-electron chi connectivity index (χ3n) is 6.27. The quantitative estimate of drug-likeness (QED) is 0.807. The van der Waals surface area contributed by atoms with E-state index >= 15 is 0 Å². The molecule has 4 heteroatoms. The molecule has 2 heterocycles. The van der Waals surface area contributed by atoms with Gasteiger partial charge >= 0.3 is 0 Å². The highest BCUT2D eigenvalue weighted by Gasteiger charge is 2.48. The van der Waals surface area contributed by atoms with Gasteiger partial charge in [0.15, 0.2) is 0 Å². The van der Waals surface area contributed by atoms with E-state index in [0.29, 0.717) is 6.54 Å². The van der Waals surface area contributed by atoms with Crippen molar-refractivity contribution in [2.75, 3.05) is 13.1 Å². The highest BCUT2D eigenvalue weighted by atomic mass is 16.5. The molecule has 6 atom stereocenters. The smallest absolute Gasteiger partial charge is 0.228 e. The van der Waals surface area contributed by atoms with Gasteiger partial charge in [-0.3, -0.25) is 4.79 Å². The molecule has 1 saturated carbocycles. The van der Waals surface area contributed by atoms with Gasteiger partial charge in [0, 0.05) is 19.0 Å². The van der Waals surface area contributed by atoms with Gasteiger partial charge in [-0.05, 0) is 39.0 Å².